The summed E-state index contributed by atoms with van der Waals surface area (Å²) < 4.78 is 36.6. The largest absolute Gasteiger partial charge is 0.391 e. The highest BCUT2D eigenvalue weighted by Gasteiger charge is 2.30. The summed E-state index contributed by atoms with van der Waals surface area (Å²) in [5.41, 5.74) is 5.42. The maximum Gasteiger partial charge on any atom is 0.391 e. The van der Waals surface area contributed by atoms with E-state index in [1.807, 2.05) is 0 Å². The molecule has 1 aromatic heterocycles. The summed E-state index contributed by atoms with van der Waals surface area (Å²) in [6, 6.07) is 0.647. The summed E-state index contributed by atoms with van der Waals surface area (Å²) in [6.45, 7) is 1.40. The molecule has 16 heavy (non-hydrogen) atoms. The summed E-state index contributed by atoms with van der Waals surface area (Å²) in [5, 5.41) is 2.53. The first-order valence-electron chi connectivity index (χ1n) is 4.39. The Morgan fingerprint density at radius 1 is 1.50 bits per heavy atom. The highest BCUT2D eigenvalue weighted by molar-refractivity contribution is 9.10. The van der Waals surface area contributed by atoms with Gasteiger partial charge >= 0.3 is 6.18 Å². The van der Waals surface area contributed by atoms with Gasteiger partial charge in [0.2, 0.25) is 5.95 Å². The van der Waals surface area contributed by atoms with Gasteiger partial charge in [-0.1, -0.05) is 0 Å². The molecule has 1 unspecified atom stereocenters. The van der Waals surface area contributed by atoms with Crippen LogP contribution in [0.3, 0.4) is 0 Å². The second-order valence-electron chi connectivity index (χ2n) is 3.30. The van der Waals surface area contributed by atoms with E-state index in [0.717, 1.165) is 0 Å². The first-order chi connectivity index (χ1) is 7.26. The fourth-order valence-corrected chi connectivity index (χ4v) is 1.52. The molecule has 1 atom stereocenters. The number of nitrogens with zero attached hydrogens (tertiary/aromatic N) is 2. The summed E-state index contributed by atoms with van der Waals surface area (Å²) in [7, 11) is 0. The van der Waals surface area contributed by atoms with Crippen LogP contribution in [0.1, 0.15) is 13.3 Å². The molecule has 90 valence electrons. The Balaban J connectivity index is 2.66. The van der Waals surface area contributed by atoms with Gasteiger partial charge in [-0.2, -0.15) is 18.2 Å². The summed E-state index contributed by atoms with van der Waals surface area (Å²) in [6.07, 6.45) is -5.17. The Bertz CT molecular complexity index is 349. The van der Waals surface area contributed by atoms with Gasteiger partial charge in [-0.25, -0.2) is 4.98 Å². The monoisotopic (exact) mass is 298 g/mol. The van der Waals surface area contributed by atoms with E-state index >= 15 is 0 Å². The van der Waals surface area contributed by atoms with Gasteiger partial charge < -0.3 is 11.1 Å². The zero-order valence-corrected chi connectivity index (χ0v) is 9.93. The van der Waals surface area contributed by atoms with Crippen LogP contribution in [0.25, 0.3) is 0 Å². The van der Waals surface area contributed by atoms with E-state index in [0.29, 0.717) is 4.60 Å². The van der Waals surface area contributed by atoms with E-state index in [-0.39, 0.29) is 11.8 Å². The van der Waals surface area contributed by atoms with Crippen LogP contribution < -0.4 is 11.1 Å². The molecule has 1 rings (SSSR count). The molecule has 0 spiro atoms. The molecule has 8 heteroatoms. The van der Waals surface area contributed by atoms with Crippen molar-refractivity contribution in [2.24, 2.45) is 0 Å². The molecular formula is C8H10BrF3N4. The molecule has 0 aliphatic heterocycles. The van der Waals surface area contributed by atoms with E-state index in [9.17, 15) is 13.2 Å². The van der Waals surface area contributed by atoms with Crippen LogP contribution in [0.15, 0.2) is 10.7 Å². The predicted molar refractivity (Wildman–Crippen MR) is 57.9 cm³/mol. The number of nitrogens with one attached hydrogen (secondary N) is 1. The van der Waals surface area contributed by atoms with Crippen LogP contribution in [0.5, 0.6) is 0 Å². The topological polar surface area (TPSA) is 63.8 Å². The first kappa shape index (κ1) is 13.0. The minimum atomic E-state index is -4.22. The molecular weight excluding hydrogens is 289 g/mol. The normalized spacial score (nSPS) is 13.6. The molecule has 0 aliphatic carbocycles. The highest BCUT2D eigenvalue weighted by atomic mass is 79.9. The second-order valence-corrected chi connectivity index (χ2v) is 4.12. The van der Waals surface area contributed by atoms with Gasteiger partial charge in [0.15, 0.2) is 0 Å². The average Bonchev–Trinajstić information content (AvgIpc) is 1.96. The van der Waals surface area contributed by atoms with E-state index in [4.69, 9.17) is 5.73 Å². The van der Waals surface area contributed by atoms with Crippen LogP contribution in [0.2, 0.25) is 0 Å². The van der Waals surface area contributed by atoms with Crippen molar-refractivity contribution in [1.29, 1.82) is 0 Å². The fraction of sp³-hybridized carbons (Fsp3) is 0.500. The van der Waals surface area contributed by atoms with E-state index in [2.05, 4.69) is 31.2 Å². The molecule has 4 nitrogen and oxygen atoms in total. The van der Waals surface area contributed by atoms with Crippen molar-refractivity contribution >= 4 is 27.7 Å². The number of halogens is 4. The Hall–Kier alpha value is -1.05. The lowest BCUT2D eigenvalue weighted by Gasteiger charge is -2.15. The molecule has 0 radical (unpaired) electrons. The molecule has 0 fully saturated rings. The summed E-state index contributed by atoms with van der Waals surface area (Å²) >= 11 is 3.07. The van der Waals surface area contributed by atoms with E-state index < -0.39 is 18.6 Å². The maximum absolute atomic E-state index is 12.1. The Labute approximate surface area is 98.6 Å². The van der Waals surface area contributed by atoms with Crippen LogP contribution >= 0.6 is 15.9 Å². The average molecular weight is 299 g/mol. The molecule has 0 aromatic carbocycles. The van der Waals surface area contributed by atoms with Gasteiger partial charge in [0.05, 0.1) is 6.42 Å². The number of aromatic nitrogens is 2. The lowest BCUT2D eigenvalue weighted by atomic mass is 10.2. The molecule has 3 N–H and O–H groups in total. The number of nitrogens with two attached hydrogens (primary N) is 1. The van der Waals surface area contributed by atoms with Crippen molar-refractivity contribution < 1.29 is 13.2 Å². The smallest absolute Gasteiger partial charge is 0.383 e. The third-order valence-electron chi connectivity index (χ3n) is 1.63. The van der Waals surface area contributed by atoms with Crippen molar-refractivity contribution in [3.05, 3.63) is 10.7 Å². The van der Waals surface area contributed by atoms with Gasteiger partial charge in [0, 0.05) is 12.1 Å². The van der Waals surface area contributed by atoms with Crippen molar-refractivity contribution in [3.63, 3.8) is 0 Å². The van der Waals surface area contributed by atoms with Crippen LogP contribution in [-0.4, -0.2) is 22.2 Å². The summed E-state index contributed by atoms with van der Waals surface area (Å²) in [4.78, 5) is 7.61. The Morgan fingerprint density at radius 2 is 2.12 bits per heavy atom. The first-order valence-corrected chi connectivity index (χ1v) is 5.19. The van der Waals surface area contributed by atoms with Gasteiger partial charge in [0.25, 0.3) is 0 Å². The highest BCUT2D eigenvalue weighted by Crippen LogP contribution is 2.23. The SMILES string of the molecule is CC(CC(F)(F)F)Nc1nc(N)cc(Br)n1. The molecule has 0 amide bonds. The van der Waals surface area contributed by atoms with Crippen LogP contribution in [0.4, 0.5) is 24.9 Å². The lowest BCUT2D eigenvalue weighted by molar-refractivity contribution is -0.136. The fourth-order valence-electron chi connectivity index (χ4n) is 1.12. The van der Waals surface area contributed by atoms with Crippen molar-refractivity contribution in [2.45, 2.75) is 25.6 Å². The third-order valence-corrected chi connectivity index (χ3v) is 2.03. The minimum Gasteiger partial charge on any atom is -0.383 e. The molecule has 0 saturated heterocycles. The van der Waals surface area contributed by atoms with Gasteiger partial charge in [-0.15, -0.1) is 0 Å². The standard InChI is InChI=1S/C8H10BrF3N4/c1-4(3-8(10,11)12)14-7-15-5(9)2-6(13)16-7/h2,4H,3H2,1H3,(H3,13,14,15,16). The van der Waals surface area contributed by atoms with Crippen molar-refractivity contribution in [1.82, 2.24) is 9.97 Å². The number of nitrogen functional groups attached to an aromatic ring is 1. The molecule has 0 aliphatic rings. The second kappa shape index (κ2) is 4.86. The number of anilines is 2. The lowest BCUT2D eigenvalue weighted by Crippen LogP contribution is -2.25. The number of hydrogen-bond acceptors (Lipinski definition) is 4. The van der Waals surface area contributed by atoms with Crippen LogP contribution in [0, 0.1) is 0 Å². The minimum absolute atomic E-state index is 0.0728. The Kier molecular flexibility index (Phi) is 3.95. The quantitative estimate of drug-likeness (QED) is 0.842. The molecule has 0 bridgehead atoms. The molecule has 1 aromatic rings. The predicted octanol–water partition coefficient (Wildman–Crippen LogP) is 2.57. The Morgan fingerprint density at radius 3 is 2.62 bits per heavy atom. The number of hydrogen-bond donors (Lipinski definition) is 2. The van der Waals surface area contributed by atoms with E-state index in [1.54, 1.807) is 0 Å². The third kappa shape index (κ3) is 4.65. The van der Waals surface area contributed by atoms with Crippen molar-refractivity contribution in [2.75, 3.05) is 11.1 Å². The maximum atomic E-state index is 12.1. The van der Waals surface area contributed by atoms with Gasteiger partial charge in [-0.05, 0) is 22.9 Å². The molecule has 1 heterocycles. The number of rotatable bonds is 3. The van der Waals surface area contributed by atoms with Gasteiger partial charge in [0.1, 0.15) is 10.4 Å². The zero-order valence-electron chi connectivity index (χ0n) is 8.35. The van der Waals surface area contributed by atoms with Crippen molar-refractivity contribution in [3.8, 4) is 0 Å². The zero-order chi connectivity index (χ0) is 12.3. The summed E-state index contributed by atoms with van der Waals surface area (Å²) in [5.74, 6) is 0.257. The van der Waals surface area contributed by atoms with Gasteiger partial charge in [-0.3, -0.25) is 0 Å². The number of alkyl halides is 3. The van der Waals surface area contributed by atoms with E-state index in [1.165, 1.54) is 13.0 Å². The molecule has 0 saturated carbocycles. The van der Waals surface area contributed by atoms with Crippen LogP contribution in [-0.2, 0) is 0 Å².